The minimum atomic E-state index is -0.893. The van der Waals surface area contributed by atoms with E-state index in [1.54, 1.807) is 0 Å². The van der Waals surface area contributed by atoms with Gasteiger partial charge in [0.15, 0.2) is 0 Å². The fraction of sp³-hybridized carbons (Fsp3) is 0.929. The fourth-order valence-corrected chi connectivity index (χ4v) is 1.73. The molecule has 0 fully saturated rings. The van der Waals surface area contributed by atoms with E-state index in [1.807, 2.05) is 13.8 Å². The fourth-order valence-electron chi connectivity index (χ4n) is 1.73. The molecule has 0 aliphatic carbocycles. The van der Waals surface area contributed by atoms with E-state index in [4.69, 9.17) is 5.11 Å². The maximum absolute atomic E-state index is 10.3. The van der Waals surface area contributed by atoms with Crippen molar-refractivity contribution in [3.8, 4) is 0 Å². The molecule has 4 nitrogen and oxygen atoms in total. The van der Waals surface area contributed by atoms with Crippen LogP contribution in [0.25, 0.3) is 0 Å². The second-order valence-electron chi connectivity index (χ2n) is 5.89. The maximum atomic E-state index is 10.3. The molecule has 0 saturated carbocycles. The first-order valence-electron chi connectivity index (χ1n) is 6.83. The Hall–Kier alpha value is -0.610. The molecule has 0 aromatic heterocycles. The molecule has 0 saturated heterocycles. The van der Waals surface area contributed by atoms with Crippen molar-refractivity contribution in [2.24, 2.45) is 5.92 Å². The Morgan fingerprint density at radius 1 is 1.28 bits per heavy atom. The quantitative estimate of drug-likeness (QED) is 0.696. The van der Waals surface area contributed by atoms with Crippen LogP contribution in [0.2, 0.25) is 0 Å². The van der Waals surface area contributed by atoms with Crippen LogP contribution in [0.5, 0.6) is 0 Å². The Balaban J connectivity index is 0. The molecule has 110 valence electrons. The lowest BCUT2D eigenvalue weighted by atomic mass is 10.00. The minimum Gasteiger partial charge on any atom is -0.550 e. The number of aliphatic carboxylic acids is 1. The Morgan fingerprint density at radius 2 is 1.78 bits per heavy atom. The first kappa shape index (κ1) is 19.7. The first-order valence-corrected chi connectivity index (χ1v) is 6.83. The van der Waals surface area contributed by atoms with Crippen molar-refractivity contribution in [2.45, 2.75) is 52.6 Å². The number of likely N-dealkylation sites (N-methyl/N-ethyl adjacent to an activating group) is 1. The van der Waals surface area contributed by atoms with Crippen LogP contribution in [0.15, 0.2) is 0 Å². The molecule has 18 heavy (non-hydrogen) atoms. The van der Waals surface area contributed by atoms with Crippen LogP contribution in [0, 0.1) is 5.92 Å². The number of quaternary nitrogens is 1. The zero-order valence-corrected chi connectivity index (χ0v) is 12.9. The van der Waals surface area contributed by atoms with E-state index in [1.165, 1.54) is 0 Å². The van der Waals surface area contributed by atoms with Crippen LogP contribution in [0.4, 0.5) is 0 Å². The highest BCUT2D eigenvalue weighted by atomic mass is 16.4. The molecular formula is C14H31NO3. The van der Waals surface area contributed by atoms with Crippen LogP contribution in [-0.2, 0) is 4.79 Å². The van der Waals surface area contributed by atoms with Crippen molar-refractivity contribution in [2.75, 3.05) is 27.7 Å². The van der Waals surface area contributed by atoms with Gasteiger partial charge in [0, 0.05) is 5.97 Å². The monoisotopic (exact) mass is 261 g/mol. The second kappa shape index (κ2) is 10.3. The van der Waals surface area contributed by atoms with Gasteiger partial charge in [0.1, 0.15) is 12.6 Å². The molecule has 0 rings (SSSR count). The lowest BCUT2D eigenvalue weighted by Gasteiger charge is -2.24. The zero-order chi connectivity index (χ0) is 14.8. The van der Waals surface area contributed by atoms with E-state index in [0.717, 1.165) is 30.3 Å². The number of aliphatic hydroxyl groups is 1. The first-order chi connectivity index (χ1) is 8.14. The topological polar surface area (TPSA) is 60.4 Å². The van der Waals surface area contributed by atoms with Gasteiger partial charge in [-0.1, -0.05) is 26.7 Å². The van der Waals surface area contributed by atoms with Crippen molar-refractivity contribution >= 4 is 5.97 Å². The van der Waals surface area contributed by atoms with E-state index in [9.17, 15) is 9.90 Å². The molecule has 0 aliphatic rings. The lowest BCUT2D eigenvalue weighted by Crippen LogP contribution is -2.40. The van der Waals surface area contributed by atoms with Gasteiger partial charge in [-0.05, 0) is 25.7 Å². The third kappa shape index (κ3) is 15.4. The summed E-state index contributed by atoms with van der Waals surface area (Å²) in [5.74, 6) is -1.11. The number of carbonyl (C=O) groups is 1. The van der Waals surface area contributed by atoms with Gasteiger partial charge < -0.3 is 19.5 Å². The number of aliphatic hydroxyl groups excluding tert-OH is 1. The van der Waals surface area contributed by atoms with E-state index < -0.39 is 5.97 Å². The van der Waals surface area contributed by atoms with Gasteiger partial charge in [-0.2, -0.15) is 0 Å². The van der Waals surface area contributed by atoms with Crippen molar-refractivity contribution in [3.63, 3.8) is 0 Å². The smallest absolute Gasteiger partial charge is 0.104 e. The van der Waals surface area contributed by atoms with Crippen LogP contribution >= 0.6 is 0 Å². The van der Waals surface area contributed by atoms with E-state index in [2.05, 4.69) is 28.1 Å². The van der Waals surface area contributed by atoms with Gasteiger partial charge in [-0.25, -0.2) is 0 Å². The number of carboxylic acids is 1. The largest absolute Gasteiger partial charge is 0.550 e. The van der Waals surface area contributed by atoms with Crippen molar-refractivity contribution in [1.29, 1.82) is 0 Å². The maximum Gasteiger partial charge on any atom is 0.104 e. The Kier molecular flexibility index (Phi) is 11.3. The van der Waals surface area contributed by atoms with Gasteiger partial charge in [-0.3, -0.25) is 0 Å². The zero-order valence-electron chi connectivity index (χ0n) is 12.9. The number of carboxylic acid groups (broad SMARTS) is 1. The van der Waals surface area contributed by atoms with Crippen molar-refractivity contribution < 1.29 is 19.5 Å². The Labute approximate surface area is 112 Å². The van der Waals surface area contributed by atoms with Crippen LogP contribution in [0.1, 0.15) is 46.5 Å². The molecule has 0 bridgehead atoms. The Morgan fingerprint density at radius 3 is 1.94 bits per heavy atom. The molecule has 1 N–H and O–H groups in total. The van der Waals surface area contributed by atoms with Crippen molar-refractivity contribution in [3.05, 3.63) is 0 Å². The summed E-state index contributed by atoms with van der Waals surface area (Å²) in [5, 5.41) is 19.2. The molecule has 0 aliphatic heterocycles. The van der Waals surface area contributed by atoms with Gasteiger partial charge >= 0.3 is 0 Å². The normalized spacial score (nSPS) is 14.4. The molecule has 0 spiro atoms. The number of rotatable bonds is 7. The molecular weight excluding hydrogens is 230 g/mol. The average Bonchev–Trinajstić information content (AvgIpc) is 2.15. The lowest BCUT2D eigenvalue weighted by molar-refractivity contribution is -0.873. The highest BCUT2D eigenvalue weighted by molar-refractivity contribution is 5.67. The second-order valence-corrected chi connectivity index (χ2v) is 5.89. The van der Waals surface area contributed by atoms with E-state index in [0.29, 0.717) is 6.42 Å². The summed E-state index contributed by atoms with van der Waals surface area (Å²) < 4.78 is 0.831. The summed E-state index contributed by atoms with van der Waals surface area (Å²) in [6.45, 7) is 6.57. The molecule has 0 heterocycles. The van der Waals surface area contributed by atoms with Gasteiger partial charge in [0.25, 0.3) is 0 Å². The van der Waals surface area contributed by atoms with Gasteiger partial charge in [0.05, 0.1) is 21.1 Å². The molecule has 0 radical (unpaired) electrons. The highest BCUT2D eigenvalue weighted by Gasteiger charge is 2.09. The SMILES string of the molecule is CC(O)C[N+](C)(C)C.CCCCC(CC)C(=O)[O-]. The molecule has 0 aromatic carbocycles. The summed E-state index contributed by atoms with van der Waals surface area (Å²) in [4.78, 5) is 10.3. The number of hydrogen-bond acceptors (Lipinski definition) is 3. The number of carbonyl (C=O) groups excluding carboxylic acids is 1. The average molecular weight is 261 g/mol. The van der Waals surface area contributed by atoms with Gasteiger partial charge in [0.2, 0.25) is 0 Å². The number of nitrogens with zero attached hydrogens (tertiary/aromatic N) is 1. The molecule has 2 unspecified atom stereocenters. The Bertz CT molecular complexity index is 210. The number of hydrogen-bond donors (Lipinski definition) is 1. The van der Waals surface area contributed by atoms with E-state index in [-0.39, 0.29) is 12.0 Å². The molecule has 4 heteroatoms. The van der Waals surface area contributed by atoms with Crippen LogP contribution < -0.4 is 5.11 Å². The highest BCUT2D eigenvalue weighted by Crippen LogP contribution is 2.10. The summed E-state index contributed by atoms with van der Waals surface area (Å²) in [6, 6.07) is 0. The molecule has 0 aromatic rings. The van der Waals surface area contributed by atoms with Crippen LogP contribution in [0.3, 0.4) is 0 Å². The molecule has 2 atom stereocenters. The van der Waals surface area contributed by atoms with E-state index >= 15 is 0 Å². The summed E-state index contributed by atoms with van der Waals surface area (Å²) >= 11 is 0. The predicted octanol–water partition coefficient (Wildman–Crippen LogP) is 1.03. The summed E-state index contributed by atoms with van der Waals surface area (Å²) in [5.41, 5.74) is 0. The summed E-state index contributed by atoms with van der Waals surface area (Å²) in [7, 11) is 6.19. The molecule has 0 amide bonds. The predicted molar refractivity (Wildman–Crippen MR) is 72.9 cm³/mol. The third-order valence-electron chi connectivity index (χ3n) is 2.54. The van der Waals surface area contributed by atoms with Crippen LogP contribution in [-0.4, -0.2) is 49.4 Å². The minimum absolute atomic E-state index is 0.185. The summed E-state index contributed by atoms with van der Waals surface area (Å²) in [6.07, 6.45) is 3.34. The van der Waals surface area contributed by atoms with Crippen molar-refractivity contribution in [1.82, 2.24) is 0 Å². The standard InChI is InChI=1S/C8H16O2.C6H16NO/c1-3-5-6-7(4-2)8(9)10;1-6(8)5-7(2,3)4/h7H,3-6H2,1-2H3,(H,9,10);6,8H,5H2,1-4H3/q;+1/p-1. The van der Waals surface area contributed by atoms with Gasteiger partial charge in [-0.15, -0.1) is 0 Å². The third-order valence-corrected chi connectivity index (χ3v) is 2.54. The number of unbranched alkanes of at least 4 members (excludes halogenated alkanes) is 1.